The molecule has 1 aliphatic rings. The van der Waals surface area contributed by atoms with Gasteiger partial charge in [0, 0.05) is 43.2 Å². The average molecular weight is 443 g/mol. The molecule has 0 spiro atoms. The molecule has 1 atom stereocenters. The summed E-state index contributed by atoms with van der Waals surface area (Å²) in [6.45, 7) is 8.97. The number of H-pyrrole nitrogens is 1. The Kier molecular flexibility index (Phi) is 7.14. The van der Waals surface area contributed by atoms with Crippen LogP contribution in [0.1, 0.15) is 19.7 Å². The number of hydrogen-bond donors (Lipinski definition) is 2. The maximum Gasteiger partial charge on any atom is 0.260 e. The van der Waals surface area contributed by atoms with Gasteiger partial charge in [-0.15, -0.1) is 11.3 Å². The summed E-state index contributed by atoms with van der Waals surface area (Å²) in [4.78, 5) is 25.8. The van der Waals surface area contributed by atoms with Gasteiger partial charge >= 0.3 is 0 Å². The number of morpholine rings is 1. The van der Waals surface area contributed by atoms with E-state index in [1.807, 2.05) is 35.7 Å². The highest BCUT2D eigenvalue weighted by Crippen LogP contribution is 2.30. The van der Waals surface area contributed by atoms with E-state index < -0.39 is 6.10 Å². The number of fused-ring (bicyclic) bond motifs is 1. The first-order valence-electron chi connectivity index (χ1n) is 10.8. The van der Waals surface area contributed by atoms with E-state index in [1.54, 1.807) is 0 Å². The molecule has 0 amide bonds. The molecule has 0 saturated carbocycles. The van der Waals surface area contributed by atoms with Crippen LogP contribution in [0.4, 0.5) is 0 Å². The van der Waals surface area contributed by atoms with Gasteiger partial charge in [-0.05, 0) is 19.4 Å². The lowest BCUT2D eigenvalue weighted by molar-refractivity contribution is 0.00320. The average Bonchev–Trinajstić information content (AvgIpc) is 3.19. The summed E-state index contributed by atoms with van der Waals surface area (Å²) in [6.07, 6.45) is -0.470. The number of nitrogens with zero attached hydrogens (tertiary/aromatic N) is 3. The second-order valence-corrected chi connectivity index (χ2v) is 9.16. The van der Waals surface area contributed by atoms with Crippen molar-refractivity contribution in [2.24, 2.45) is 0 Å². The monoisotopic (exact) mass is 442 g/mol. The Bertz CT molecular complexity index is 1040. The maximum absolute atomic E-state index is 12.9. The number of β-amino-alcohol motifs (C(OH)–C–C–N with tert-alkyl or cyclic N) is 1. The smallest absolute Gasteiger partial charge is 0.260 e. The predicted molar refractivity (Wildman–Crippen MR) is 124 cm³/mol. The summed E-state index contributed by atoms with van der Waals surface area (Å²) >= 11 is 1.49. The molecule has 1 saturated heterocycles. The van der Waals surface area contributed by atoms with Crippen molar-refractivity contribution in [3.63, 3.8) is 0 Å². The molecule has 1 aromatic carbocycles. The fourth-order valence-corrected chi connectivity index (χ4v) is 4.93. The van der Waals surface area contributed by atoms with Crippen LogP contribution in [0.25, 0.3) is 21.3 Å². The number of aliphatic hydroxyl groups excluding tert-OH is 1. The van der Waals surface area contributed by atoms with E-state index in [2.05, 4.69) is 28.6 Å². The maximum atomic E-state index is 12.9. The summed E-state index contributed by atoms with van der Waals surface area (Å²) in [7, 11) is 0. The lowest BCUT2D eigenvalue weighted by atomic mass is 10.1. The van der Waals surface area contributed by atoms with E-state index in [0.29, 0.717) is 30.8 Å². The molecule has 3 aromatic rings. The molecule has 2 N–H and O–H groups in total. The fraction of sp³-hybridized carbons (Fsp3) is 0.478. The molecule has 3 heterocycles. The highest BCUT2D eigenvalue weighted by molar-refractivity contribution is 7.17. The third-order valence-electron chi connectivity index (χ3n) is 5.68. The summed E-state index contributed by atoms with van der Waals surface area (Å²) in [5.74, 6) is 0.631. The van der Waals surface area contributed by atoms with Crippen LogP contribution in [0, 0.1) is 0 Å². The van der Waals surface area contributed by atoms with Gasteiger partial charge in [-0.2, -0.15) is 0 Å². The van der Waals surface area contributed by atoms with Gasteiger partial charge in [0.15, 0.2) is 0 Å². The molecule has 4 rings (SSSR count). The first-order valence-corrected chi connectivity index (χ1v) is 11.7. The number of ether oxygens (including phenoxy) is 1. The molecule has 1 aliphatic heterocycles. The van der Waals surface area contributed by atoms with Crippen LogP contribution in [0.3, 0.4) is 0 Å². The molecular weight excluding hydrogens is 412 g/mol. The van der Waals surface area contributed by atoms with Crippen molar-refractivity contribution in [1.29, 1.82) is 0 Å². The molecule has 0 radical (unpaired) electrons. The zero-order valence-corrected chi connectivity index (χ0v) is 18.9. The molecular formula is C23H30N4O3S. The van der Waals surface area contributed by atoms with Gasteiger partial charge in [0.05, 0.1) is 31.2 Å². The number of benzene rings is 1. The topological polar surface area (TPSA) is 81.7 Å². The summed E-state index contributed by atoms with van der Waals surface area (Å²) in [5, 5.41) is 13.3. The van der Waals surface area contributed by atoms with Gasteiger partial charge < -0.3 is 14.8 Å². The van der Waals surface area contributed by atoms with Gasteiger partial charge in [-0.25, -0.2) is 4.98 Å². The van der Waals surface area contributed by atoms with Gasteiger partial charge in [0.2, 0.25) is 0 Å². The minimum Gasteiger partial charge on any atom is -0.390 e. The first-order chi connectivity index (χ1) is 15.0. The van der Waals surface area contributed by atoms with Crippen molar-refractivity contribution < 1.29 is 9.84 Å². The molecule has 1 fully saturated rings. The zero-order chi connectivity index (χ0) is 21.8. The fourth-order valence-electron chi connectivity index (χ4n) is 3.96. The van der Waals surface area contributed by atoms with Crippen LogP contribution in [-0.2, 0) is 11.3 Å². The van der Waals surface area contributed by atoms with Crippen molar-refractivity contribution in [2.75, 3.05) is 39.4 Å². The Labute approximate surface area is 186 Å². The molecule has 31 heavy (non-hydrogen) atoms. The van der Waals surface area contributed by atoms with Gasteiger partial charge in [0.1, 0.15) is 10.7 Å². The minimum absolute atomic E-state index is 0.113. The number of nitrogens with one attached hydrogen (secondary N) is 1. The number of thiophene rings is 1. The second kappa shape index (κ2) is 10.0. The molecule has 2 aromatic heterocycles. The SMILES string of the molecule is CC(C)N(Cc1nc2scc(-c3ccccc3)c2c(=O)[nH]1)CC(O)CN1CCOCC1. The molecule has 1 unspecified atom stereocenters. The van der Waals surface area contributed by atoms with E-state index >= 15 is 0 Å². The minimum atomic E-state index is -0.470. The Morgan fingerprint density at radius 1 is 1.26 bits per heavy atom. The van der Waals surface area contributed by atoms with Crippen LogP contribution in [0.5, 0.6) is 0 Å². The van der Waals surface area contributed by atoms with Gasteiger partial charge in [-0.3, -0.25) is 14.6 Å². The molecule has 7 nitrogen and oxygen atoms in total. The number of aromatic amines is 1. The summed E-state index contributed by atoms with van der Waals surface area (Å²) < 4.78 is 5.38. The summed E-state index contributed by atoms with van der Waals surface area (Å²) in [5.41, 5.74) is 1.82. The molecule has 8 heteroatoms. The number of aliphatic hydroxyl groups is 1. The lowest BCUT2D eigenvalue weighted by Gasteiger charge is -2.32. The Morgan fingerprint density at radius 3 is 2.71 bits per heavy atom. The third-order valence-corrected chi connectivity index (χ3v) is 6.55. The van der Waals surface area contributed by atoms with Gasteiger partial charge in [0.25, 0.3) is 5.56 Å². The standard InChI is InChI=1S/C23H30N4O3S/c1-16(2)27(13-18(28)12-26-8-10-30-11-9-26)14-20-24-22(29)21-19(15-31-23(21)25-20)17-6-4-3-5-7-17/h3-7,15-16,18,28H,8-14H2,1-2H3,(H,24,25,29). The quantitative estimate of drug-likeness (QED) is 0.558. The van der Waals surface area contributed by atoms with Crippen molar-refractivity contribution in [1.82, 2.24) is 19.8 Å². The lowest BCUT2D eigenvalue weighted by Crippen LogP contribution is -2.46. The third kappa shape index (κ3) is 5.39. The van der Waals surface area contributed by atoms with Crippen LogP contribution in [0.15, 0.2) is 40.5 Å². The number of aromatic nitrogens is 2. The zero-order valence-electron chi connectivity index (χ0n) is 18.1. The molecule has 0 bridgehead atoms. The summed E-state index contributed by atoms with van der Waals surface area (Å²) in [6, 6.07) is 10.1. The predicted octanol–water partition coefficient (Wildman–Crippen LogP) is 2.56. The number of rotatable bonds is 8. The van der Waals surface area contributed by atoms with Gasteiger partial charge in [-0.1, -0.05) is 30.3 Å². The van der Waals surface area contributed by atoms with E-state index in [4.69, 9.17) is 9.72 Å². The largest absolute Gasteiger partial charge is 0.390 e. The molecule has 0 aliphatic carbocycles. The van der Waals surface area contributed by atoms with Crippen LogP contribution >= 0.6 is 11.3 Å². The van der Waals surface area contributed by atoms with Crippen molar-refractivity contribution in [3.8, 4) is 11.1 Å². The highest BCUT2D eigenvalue weighted by Gasteiger charge is 2.21. The number of hydrogen-bond acceptors (Lipinski definition) is 7. The van der Waals surface area contributed by atoms with Crippen molar-refractivity contribution >= 4 is 21.6 Å². The van der Waals surface area contributed by atoms with Crippen LogP contribution < -0.4 is 5.56 Å². The van der Waals surface area contributed by atoms with E-state index in [-0.39, 0.29) is 11.6 Å². The van der Waals surface area contributed by atoms with E-state index in [9.17, 15) is 9.90 Å². The Hall–Kier alpha value is -2.10. The Morgan fingerprint density at radius 2 is 2.00 bits per heavy atom. The second-order valence-electron chi connectivity index (χ2n) is 8.30. The van der Waals surface area contributed by atoms with Crippen molar-refractivity contribution in [3.05, 3.63) is 51.9 Å². The highest BCUT2D eigenvalue weighted by atomic mass is 32.1. The first kappa shape index (κ1) is 22.1. The van der Waals surface area contributed by atoms with Crippen LogP contribution in [0.2, 0.25) is 0 Å². The normalized spacial score (nSPS) is 16.4. The molecule has 166 valence electrons. The van der Waals surface area contributed by atoms with Crippen LogP contribution in [-0.4, -0.2) is 76.4 Å². The van der Waals surface area contributed by atoms with Crippen molar-refractivity contribution in [2.45, 2.75) is 32.5 Å². The van der Waals surface area contributed by atoms with E-state index in [1.165, 1.54) is 11.3 Å². The Balaban J connectivity index is 1.50. The van der Waals surface area contributed by atoms with E-state index in [0.717, 1.165) is 42.3 Å².